The minimum absolute atomic E-state index is 0.0512. The first-order valence-electron chi connectivity index (χ1n) is 8.50. The molecule has 0 aliphatic rings. The van der Waals surface area contributed by atoms with Crippen LogP contribution in [-0.2, 0) is 10.0 Å². The summed E-state index contributed by atoms with van der Waals surface area (Å²) in [5, 5.41) is 2.88. The average molecular weight is 432 g/mol. The number of aromatic amines is 1. The van der Waals surface area contributed by atoms with Crippen LogP contribution in [0.15, 0.2) is 64.7 Å². The number of methoxy groups -OCH3 is 1. The first-order valence-corrected chi connectivity index (χ1v) is 9.99. The second-order valence-corrected chi connectivity index (χ2v) is 7.92. The van der Waals surface area contributed by atoms with E-state index in [2.05, 4.69) is 14.8 Å². The van der Waals surface area contributed by atoms with Crippen molar-refractivity contribution in [3.63, 3.8) is 0 Å². The molecule has 0 amide bonds. The zero-order valence-electron chi connectivity index (χ0n) is 15.4. The largest absolute Gasteiger partial charge is 0.480 e. The Bertz CT molecular complexity index is 1430. The summed E-state index contributed by atoms with van der Waals surface area (Å²) in [6.45, 7) is 0. The summed E-state index contributed by atoms with van der Waals surface area (Å²) >= 11 is 0. The fourth-order valence-electron chi connectivity index (χ4n) is 2.93. The molecule has 11 heteroatoms. The number of fused-ring (bicyclic) bond motifs is 1. The highest BCUT2D eigenvalue weighted by Crippen LogP contribution is 2.31. The van der Waals surface area contributed by atoms with Crippen molar-refractivity contribution < 1.29 is 21.9 Å². The van der Waals surface area contributed by atoms with Gasteiger partial charge in [-0.3, -0.25) is 14.0 Å². The molecule has 8 nitrogen and oxygen atoms in total. The molecule has 0 saturated carbocycles. The predicted molar refractivity (Wildman–Crippen MR) is 105 cm³/mol. The lowest BCUT2D eigenvalue weighted by Crippen LogP contribution is -2.15. The SMILES string of the molecule is COc1ncc(-c2cc3c(=O)cc[nH]n3c2)cc1NS(=O)(=O)c1ccc(F)cc1F. The Morgan fingerprint density at radius 2 is 1.93 bits per heavy atom. The lowest BCUT2D eigenvalue weighted by molar-refractivity contribution is 0.400. The Balaban J connectivity index is 1.77. The number of pyridine rings is 1. The van der Waals surface area contributed by atoms with Crippen molar-refractivity contribution in [2.75, 3.05) is 11.8 Å². The fourth-order valence-corrected chi connectivity index (χ4v) is 4.04. The summed E-state index contributed by atoms with van der Waals surface area (Å²) < 4.78 is 61.2. The van der Waals surface area contributed by atoms with Gasteiger partial charge in [-0.1, -0.05) is 0 Å². The number of rotatable bonds is 5. The van der Waals surface area contributed by atoms with Gasteiger partial charge in [0.05, 0.1) is 7.11 Å². The van der Waals surface area contributed by atoms with Crippen molar-refractivity contribution in [1.29, 1.82) is 0 Å². The van der Waals surface area contributed by atoms with Crippen LogP contribution >= 0.6 is 0 Å². The molecule has 154 valence electrons. The topological polar surface area (TPSA) is 106 Å². The van der Waals surface area contributed by atoms with Crippen LogP contribution in [0.1, 0.15) is 0 Å². The van der Waals surface area contributed by atoms with Crippen LogP contribution in [0.2, 0.25) is 0 Å². The lowest BCUT2D eigenvalue weighted by Gasteiger charge is -2.12. The van der Waals surface area contributed by atoms with Gasteiger partial charge in [-0.15, -0.1) is 0 Å². The van der Waals surface area contributed by atoms with E-state index in [1.165, 1.54) is 36.2 Å². The number of aromatic nitrogens is 3. The maximum atomic E-state index is 14.0. The fraction of sp³-hybridized carbons (Fsp3) is 0.0526. The number of benzene rings is 1. The van der Waals surface area contributed by atoms with E-state index in [0.29, 0.717) is 22.7 Å². The molecule has 2 N–H and O–H groups in total. The van der Waals surface area contributed by atoms with Gasteiger partial charge in [0, 0.05) is 41.9 Å². The molecule has 0 saturated heterocycles. The second-order valence-electron chi connectivity index (χ2n) is 6.27. The zero-order chi connectivity index (χ0) is 21.5. The number of nitrogens with zero attached hydrogens (tertiary/aromatic N) is 2. The van der Waals surface area contributed by atoms with Gasteiger partial charge in [-0.2, -0.15) is 0 Å². The number of H-pyrrole nitrogens is 1. The highest BCUT2D eigenvalue weighted by Gasteiger charge is 2.22. The highest BCUT2D eigenvalue weighted by molar-refractivity contribution is 7.92. The number of sulfonamides is 1. The Kier molecular flexibility index (Phi) is 4.74. The maximum Gasteiger partial charge on any atom is 0.264 e. The first-order chi connectivity index (χ1) is 14.3. The third kappa shape index (κ3) is 3.50. The molecule has 30 heavy (non-hydrogen) atoms. The molecule has 0 atom stereocenters. The van der Waals surface area contributed by atoms with Gasteiger partial charge < -0.3 is 9.84 Å². The van der Waals surface area contributed by atoms with Crippen LogP contribution in [0.4, 0.5) is 14.5 Å². The predicted octanol–water partition coefficient (Wildman–Crippen LogP) is 2.78. The summed E-state index contributed by atoms with van der Waals surface area (Å²) in [6, 6.07) is 6.56. The van der Waals surface area contributed by atoms with Gasteiger partial charge in [-0.05, 0) is 24.3 Å². The minimum atomic E-state index is -4.40. The van der Waals surface area contributed by atoms with Crippen molar-refractivity contribution in [2.45, 2.75) is 4.90 Å². The normalized spacial score (nSPS) is 11.6. The van der Waals surface area contributed by atoms with E-state index in [-0.39, 0.29) is 17.0 Å². The van der Waals surface area contributed by atoms with Gasteiger partial charge in [0.1, 0.15) is 27.7 Å². The quantitative estimate of drug-likeness (QED) is 0.505. The number of hydrogen-bond acceptors (Lipinski definition) is 5. The summed E-state index contributed by atoms with van der Waals surface area (Å²) in [7, 11) is -3.10. The molecule has 0 spiro atoms. The number of nitrogens with one attached hydrogen (secondary N) is 2. The monoisotopic (exact) mass is 432 g/mol. The van der Waals surface area contributed by atoms with E-state index in [1.807, 2.05) is 0 Å². The number of ether oxygens (including phenoxy) is 1. The first kappa shape index (κ1) is 19.6. The molecular weight excluding hydrogens is 418 g/mol. The number of anilines is 1. The molecule has 4 aromatic rings. The second kappa shape index (κ2) is 7.26. The molecule has 0 aliphatic carbocycles. The molecular formula is C19H14F2N4O4S. The molecule has 1 aromatic carbocycles. The van der Waals surface area contributed by atoms with Gasteiger partial charge in [-0.25, -0.2) is 22.2 Å². The van der Waals surface area contributed by atoms with E-state index >= 15 is 0 Å². The van der Waals surface area contributed by atoms with E-state index < -0.39 is 26.6 Å². The number of halogens is 2. The molecule has 0 unspecified atom stereocenters. The summed E-state index contributed by atoms with van der Waals surface area (Å²) in [5.74, 6) is -2.18. The van der Waals surface area contributed by atoms with Crippen LogP contribution < -0.4 is 14.9 Å². The molecule has 0 fully saturated rings. The molecule has 4 rings (SSSR count). The van der Waals surface area contributed by atoms with Crippen LogP contribution in [0.5, 0.6) is 5.88 Å². The van der Waals surface area contributed by atoms with Crippen LogP contribution in [-0.4, -0.2) is 30.1 Å². The van der Waals surface area contributed by atoms with Gasteiger partial charge >= 0.3 is 0 Å². The Hall–Kier alpha value is -3.73. The van der Waals surface area contributed by atoms with Crippen LogP contribution in [0.3, 0.4) is 0 Å². The standard InChI is InChI=1S/C19H14F2N4O4S/c1-29-19-15(24-30(27,28)18-3-2-13(20)8-14(18)21)6-11(9-22-19)12-7-16-17(26)4-5-23-25(16)10-12/h2-10,23-24H,1H3. The van der Waals surface area contributed by atoms with Crippen molar-refractivity contribution in [2.24, 2.45) is 0 Å². The van der Waals surface area contributed by atoms with E-state index in [4.69, 9.17) is 4.74 Å². The van der Waals surface area contributed by atoms with Crippen molar-refractivity contribution in [1.82, 2.24) is 14.6 Å². The average Bonchev–Trinajstić information content (AvgIpc) is 3.13. The van der Waals surface area contributed by atoms with Crippen LogP contribution in [0.25, 0.3) is 16.6 Å². The van der Waals surface area contributed by atoms with Gasteiger partial charge in [0.25, 0.3) is 10.0 Å². The molecule has 3 aromatic heterocycles. The Labute approximate surface area is 168 Å². The van der Waals surface area contributed by atoms with Gasteiger partial charge in [0.15, 0.2) is 0 Å². The summed E-state index contributed by atoms with van der Waals surface area (Å²) in [4.78, 5) is 15.3. The van der Waals surface area contributed by atoms with Crippen molar-refractivity contribution in [3.05, 3.63) is 76.8 Å². The third-order valence-corrected chi connectivity index (χ3v) is 5.73. The molecule has 0 bridgehead atoms. The van der Waals surface area contributed by atoms with Crippen molar-refractivity contribution in [3.8, 4) is 17.0 Å². The lowest BCUT2D eigenvalue weighted by atomic mass is 10.1. The zero-order valence-corrected chi connectivity index (χ0v) is 16.2. The molecule has 0 radical (unpaired) electrons. The third-order valence-electron chi connectivity index (χ3n) is 4.33. The highest BCUT2D eigenvalue weighted by atomic mass is 32.2. The van der Waals surface area contributed by atoms with E-state index in [9.17, 15) is 22.0 Å². The Morgan fingerprint density at radius 1 is 1.13 bits per heavy atom. The summed E-state index contributed by atoms with van der Waals surface area (Å²) in [5.41, 5.74) is 1.19. The van der Waals surface area contributed by atoms with Crippen molar-refractivity contribution >= 4 is 21.2 Å². The molecule has 0 aliphatic heterocycles. The minimum Gasteiger partial charge on any atom is -0.480 e. The van der Waals surface area contributed by atoms with Crippen LogP contribution in [0, 0.1) is 11.6 Å². The van der Waals surface area contributed by atoms with Gasteiger partial charge in [0.2, 0.25) is 11.3 Å². The smallest absolute Gasteiger partial charge is 0.264 e. The number of hydrogen-bond donors (Lipinski definition) is 2. The Morgan fingerprint density at radius 3 is 2.63 bits per heavy atom. The van der Waals surface area contributed by atoms with E-state index in [0.717, 1.165) is 12.1 Å². The van der Waals surface area contributed by atoms with E-state index in [1.54, 1.807) is 12.3 Å². The summed E-state index contributed by atoms with van der Waals surface area (Å²) in [6.07, 6.45) is 4.56. The maximum absolute atomic E-state index is 14.0. The molecule has 3 heterocycles.